The van der Waals surface area contributed by atoms with Crippen molar-refractivity contribution in [2.45, 2.75) is 6.92 Å². The third-order valence-corrected chi connectivity index (χ3v) is 2.73. The number of ether oxygens (including phenoxy) is 1. The molecule has 0 atom stereocenters. The van der Waals surface area contributed by atoms with E-state index in [0.717, 1.165) is 17.0 Å². The second-order valence-electron chi connectivity index (χ2n) is 4.11. The summed E-state index contributed by atoms with van der Waals surface area (Å²) in [7, 11) is 1.52. The van der Waals surface area contributed by atoms with Crippen LogP contribution < -0.4 is 10.5 Å². The first-order valence-corrected chi connectivity index (χ1v) is 5.68. The minimum absolute atomic E-state index is 0.316. The average molecular weight is 257 g/mol. The molecule has 0 fully saturated rings. The number of hydrogen-bond acceptors (Lipinski definition) is 5. The first-order valence-electron chi connectivity index (χ1n) is 5.68. The summed E-state index contributed by atoms with van der Waals surface area (Å²) in [5.41, 5.74) is 3.55. The summed E-state index contributed by atoms with van der Waals surface area (Å²) in [4.78, 5) is 22.2. The third kappa shape index (κ3) is 2.08. The van der Waals surface area contributed by atoms with E-state index >= 15 is 0 Å². The van der Waals surface area contributed by atoms with Crippen LogP contribution in [0.1, 0.15) is 5.69 Å². The number of methoxy groups -OCH3 is 1. The molecule has 0 saturated carbocycles. The van der Waals surface area contributed by atoms with E-state index in [1.165, 1.54) is 7.11 Å². The molecule has 3 aromatic rings. The third-order valence-electron chi connectivity index (χ3n) is 2.73. The number of rotatable bonds is 2. The van der Waals surface area contributed by atoms with Crippen LogP contribution in [0, 0.1) is 6.92 Å². The van der Waals surface area contributed by atoms with Gasteiger partial charge in [-0.25, -0.2) is 9.78 Å². The largest absolute Gasteiger partial charge is 0.467 e. The van der Waals surface area contributed by atoms with Crippen LogP contribution in [-0.2, 0) is 0 Å². The molecule has 0 bridgehead atoms. The predicted molar refractivity (Wildman–Crippen MR) is 69.1 cm³/mol. The molecule has 0 amide bonds. The lowest BCUT2D eigenvalue weighted by atomic mass is 10.1. The minimum atomic E-state index is -0.469. The number of aryl methyl sites for hydroxylation is 1. The van der Waals surface area contributed by atoms with Gasteiger partial charge in [-0.05, 0) is 31.2 Å². The molecule has 0 aliphatic carbocycles. The number of aromatic nitrogens is 3. The Morgan fingerprint density at radius 2 is 2.11 bits per heavy atom. The highest BCUT2D eigenvalue weighted by Gasteiger charge is 2.07. The molecule has 2 heterocycles. The molecule has 0 saturated heterocycles. The first kappa shape index (κ1) is 11.5. The van der Waals surface area contributed by atoms with Gasteiger partial charge in [-0.3, -0.25) is 4.98 Å². The number of benzene rings is 1. The Bertz CT molecular complexity index is 804. The molecule has 0 unspecified atom stereocenters. The Morgan fingerprint density at radius 3 is 2.89 bits per heavy atom. The second-order valence-corrected chi connectivity index (χ2v) is 4.11. The summed E-state index contributed by atoms with van der Waals surface area (Å²) in [5, 5.41) is 0. The highest BCUT2D eigenvalue weighted by Crippen LogP contribution is 2.23. The molecule has 0 aliphatic heterocycles. The van der Waals surface area contributed by atoms with E-state index in [1.807, 2.05) is 19.1 Å². The number of H-pyrrole nitrogens is 1. The van der Waals surface area contributed by atoms with Gasteiger partial charge in [0, 0.05) is 11.3 Å². The van der Waals surface area contributed by atoms with E-state index < -0.39 is 5.76 Å². The Hall–Kier alpha value is -2.63. The number of nitrogens with zero attached hydrogens (tertiary/aromatic N) is 2. The monoisotopic (exact) mass is 257 g/mol. The molecule has 0 aliphatic rings. The van der Waals surface area contributed by atoms with Crippen molar-refractivity contribution in [3.8, 4) is 17.3 Å². The van der Waals surface area contributed by atoms with Crippen molar-refractivity contribution in [2.75, 3.05) is 7.11 Å². The summed E-state index contributed by atoms with van der Waals surface area (Å²) in [5.74, 6) is -0.469. The maximum Gasteiger partial charge on any atom is 0.417 e. The molecular formula is C13H11N3O3. The molecule has 96 valence electrons. The van der Waals surface area contributed by atoms with E-state index in [0.29, 0.717) is 17.1 Å². The zero-order valence-corrected chi connectivity index (χ0v) is 10.4. The number of fused-ring (bicyclic) bond motifs is 1. The van der Waals surface area contributed by atoms with Crippen LogP contribution in [0.3, 0.4) is 0 Å². The zero-order valence-electron chi connectivity index (χ0n) is 10.4. The lowest BCUT2D eigenvalue weighted by Gasteiger charge is -2.04. The van der Waals surface area contributed by atoms with E-state index in [-0.39, 0.29) is 0 Å². The molecule has 1 N–H and O–H groups in total. The smallest absolute Gasteiger partial charge is 0.417 e. The quantitative estimate of drug-likeness (QED) is 0.758. The zero-order chi connectivity index (χ0) is 13.4. The highest BCUT2D eigenvalue weighted by molar-refractivity contribution is 5.79. The Balaban J connectivity index is 2.17. The van der Waals surface area contributed by atoms with Gasteiger partial charge in [0.1, 0.15) is 0 Å². The SMILES string of the molecule is COc1nc(C)cc(-c2ccc3oc(=O)[nH]c3c2)n1. The van der Waals surface area contributed by atoms with Crippen molar-refractivity contribution in [1.82, 2.24) is 15.0 Å². The van der Waals surface area contributed by atoms with Gasteiger partial charge in [0.15, 0.2) is 5.58 Å². The summed E-state index contributed by atoms with van der Waals surface area (Å²) >= 11 is 0. The number of aromatic amines is 1. The Morgan fingerprint density at radius 1 is 1.26 bits per heavy atom. The van der Waals surface area contributed by atoms with Crippen LogP contribution in [0.4, 0.5) is 0 Å². The molecule has 0 spiro atoms. The molecule has 0 radical (unpaired) electrons. The van der Waals surface area contributed by atoms with Crippen molar-refractivity contribution < 1.29 is 9.15 Å². The molecule has 2 aromatic heterocycles. The van der Waals surface area contributed by atoms with Crippen LogP contribution in [-0.4, -0.2) is 22.1 Å². The topological polar surface area (TPSA) is 81.0 Å². The van der Waals surface area contributed by atoms with Gasteiger partial charge in [-0.1, -0.05) is 0 Å². The Labute approximate surface area is 108 Å². The van der Waals surface area contributed by atoms with E-state index in [2.05, 4.69) is 15.0 Å². The molecule has 1 aromatic carbocycles. The van der Waals surface area contributed by atoms with Crippen LogP contribution in [0.25, 0.3) is 22.4 Å². The molecular weight excluding hydrogens is 246 g/mol. The van der Waals surface area contributed by atoms with Gasteiger partial charge in [0.25, 0.3) is 0 Å². The highest BCUT2D eigenvalue weighted by atomic mass is 16.5. The predicted octanol–water partition coefficient (Wildman–Crippen LogP) is 1.90. The molecule has 6 heteroatoms. The standard InChI is InChI=1S/C13H11N3O3/c1-7-5-9(15-12(14-7)18-2)8-3-4-11-10(6-8)16-13(17)19-11/h3-6H,1-2H3,(H,16,17). The summed E-state index contributed by atoms with van der Waals surface area (Å²) < 4.78 is 10.0. The molecule has 19 heavy (non-hydrogen) atoms. The normalized spacial score (nSPS) is 10.8. The lowest BCUT2D eigenvalue weighted by Crippen LogP contribution is -1.96. The number of hydrogen-bond donors (Lipinski definition) is 1. The van der Waals surface area contributed by atoms with E-state index in [4.69, 9.17) is 9.15 Å². The van der Waals surface area contributed by atoms with Crippen molar-refractivity contribution >= 4 is 11.1 Å². The summed E-state index contributed by atoms with van der Waals surface area (Å²) in [6.45, 7) is 1.87. The van der Waals surface area contributed by atoms with Crippen LogP contribution in [0.15, 0.2) is 33.5 Å². The van der Waals surface area contributed by atoms with Crippen LogP contribution >= 0.6 is 0 Å². The van der Waals surface area contributed by atoms with Crippen LogP contribution in [0.2, 0.25) is 0 Å². The van der Waals surface area contributed by atoms with Gasteiger partial charge in [-0.15, -0.1) is 0 Å². The minimum Gasteiger partial charge on any atom is -0.467 e. The van der Waals surface area contributed by atoms with Crippen molar-refractivity contribution in [3.63, 3.8) is 0 Å². The van der Waals surface area contributed by atoms with Crippen LogP contribution in [0.5, 0.6) is 6.01 Å². The van der Waals surface area contributed by atoms with Crippen molar-refractivity contribution in [1.29, 1.82) is 0 Å². The van der Waals surface area contributed by atoms with Crippen molar-refractivity contribution in [2.24, 2.45) is 0 Å². The summed E-state index contributed by atoms with van der Waals surface area (Å²) in [6.07, 6.45) is 0. The fraction of sp³-hybridized carbons (Fsp3) is 0.154. The second kappa shape index (κ2) is 4.24. The van der Waals surface area contributed by atoms with Gasteiger partial charge in [0.2, 0.25) is 0 Å². The fourth-order valence-electron chi connectivity index (χ4n) is 1.89. The molecule has 6 nitrogen and oxygen atoms in total. The van der Waals surface area contributed by atoms with Gasteiger partial charge < -0.3 is 9.15 Å². The summed E-state index contributed by atoms with van der Waals surface area (Å²) in [6, 6.07) is 7.53. The van der Waals surface area contributed by atoms with Crippen molar-refractivity contribution in [3.05, 3.63) is 40.5 Å². The fourth-order valence-corrected chi connectivity index (χ4v) is 1.89. The number of oxazole rings is 1. The van der Waals surface area contributed by atoms with Gasteiger partial charge >= 0.3 is 11.8 Å². The number of nitrogens with one attached hydrogen (secondary N) is 1. The van der Waals surface area contributed by atoms with E-state index in [1.54, 1.807) is 12.1 Å². The maximum atomic E-state index is 11.1. The maximum absolute atomic E-state index is 11.1. The average Bonchev–Trinajstić information content (AvgIpc) is 2.76. The molecule has 3 rings (SSSR count). The van der Waals surface area contributed by atoms with Gasteiger partial charge in [-0.2, -0.15) is 4.98 Å². The first-order chi connectivity index (χ1) is 9.15. The Kier molecular flexibility index (Phi) is 2.56. The lowest BCUT2D eigenvalue weighted by molar-refractivity contribution is 0.379. The van der Waals surface area contributed by atoms with E-state index in [9.17, 15) is 4.79 Å². The van der Waals surface area contributed by atoms with Gasteiger partial charge in [0.05, 0.1) is 18.3 Å².